The van der Waals surface area contributed by atoms with Gasteiger partial charge in [-0.25, -0.2) is 0 Å². The van der Waals surface area contributed by atoms with Crippen LogP contribution in [0.3, 0.4) is 0 Å². The lowest BCUT2D eigenvalue weighted by Crippen LogP contribution is -3.25. The van der Waals surface area contributed by atoms with E-state index < -0.39 is 0 Å². The van der Waals surface area contributed by atoms with Crippen molar-refractivity contribution < 1.29 is 211 Å². The lowest BCUT2D eigenvalue weighted by atomic mass is 10.3. The van der Waals surface area contributed by atoms with E-state index in [2.05, 4.69) is 52.8 Å². The predicted octanol–water partition coefficient (Wildman–Crippen LogP) is -53.9. The average molecular weight is 1050 g/mol. The van der Waals surface area contributed by atoms with E-state index in [4.69, 9.17) is 0 Å². The number of hydrogen-bond donors (Lipinski definition) is 12. The molecule has 25 heteroatoms. The van der Waals surface area contributed by atoms with E-state index >= 15 is 0 Å². The van der Waals surface area contributed by atoms with Crippen LogP contribution in [0.4, 0.5) is 0 Å². The Morgan fingerprint density at radius 3 is 0.818 bits per heavy atom. The van der Waals surface area contributed by atoms with Gasteiger partial charge in [-0.3, -0.25) is 4.90 Å². The SMILES string of the molecule is C1C[NH2+]CCN(CC[NH+](CC[NH+]2CC[NH2+]CC[NH2+]CC[NH2+]CC2)CC[NH+]2CC[NH2+]CC[NH2+]CC[NH2+]CC2)CC[NH2+]CC[NH2+]1.[Cl-].[Cl-].[Cl-].[Cl-].[Cl-].[Cl-].[Cl-].[Cl-].[Cl-].[Cl-].[Cl-].[Cl-]. The monoisotopic (exact) mass is 1040 g/mol. The fraction of sp³-hybridized carbons (Fsp3) is 1.00. The van der Waals surface area contributed by atoms with Gasteiger partial charge < -0.3 is 211 Å². The van der Waals surface area contributed by atoms with Crippen LogP contribution in [0.5, 0.6) is 0 Å². The normalized spacial score (nSPS) is 19.1. The maximum atomic E-state index is 2.80. The van der Waals surface area contributed by atoms with Gasteiger partial charge in [0.15, 0.2) is 0 Å². The van der Waals surface area contributed by atoms with Crippen LogP contribution in [0.2, 0.25) is 0 Å². The van der Waals surface area contributed by atoms with Gasteiger partial charge in [0.25, 0.3) is 0 Å². The molecule has 0 unspecified atom stereocenters. The molecule has 0 aliphatic carbocycles. The second-order valence-electron chi connectivity index (χ2n) is 13.6. The Hall–Kier alpha value is 2.96. The van der Waals surface area contributed by atoms with Crippen molar-refractivity contribution in [1.29, 1.82) is 0 Å². The molecule has 0 saturated carbocycles. The molecule has 0 spiro atoms. The van der Waals surface area contributed by atoms with E-state index in [9.17, 15) is 0 Å². The molecule has 3 rings (SSSR count). The smallest absolute Gasteiger partial charge is 0.127 e. The number of rotatable bonds is 9. The average Bonchev–Trinajstić information content (AvgIpc) is 2.99. The van der Waals surface area contributed by atoms with E-state index in [0.29, 0.717) is 0 Å². The quantitative estimate of drug-likeness (QED) is 0.109. The Balaban J connectivity index is -0.000000211. The zero-order valence-electron chi connectivity index (χ0n) is 32.9. The summed E-state index contributed by atoms with van der Waals surface area (Å²) < 4.78 is 0. The van der Waals surface area contributed by atoms with Crippen molar-refractivity contribution in [3.63, 3.8) is 0 Å². The number of nitrogens with zero attached hydrogens (tertiary/aromatic N) is 1. The highest BCUT2D eigenvalue weighted by atomic mass is 35.5. The van der Waals surface area contributed by atoms with Crippen molar-refractivity contribution in [3.05, 3.63) is 0 Å². The van der Waals surface area contributed by atoms with Crippen LogP contribution in [-0.4, -0.2) is 201 Å². The summed E-state index contributed by atoms with van der Waals surface area (Å²) in [5.41, 5.74) is 0. The van der Waals surface area contributed by atoms with Crippen LogP contribution in [0.25, 0.3) is 0 Å². The molecule has 3 fully saturated rings. The lowest BCUT2D eigenvalue weighted by Gasteiger charge is -2.27. The maximum absolute atomic E-state index is 2.80. The summed E-state index contributed by atoms with van der Waals surface area (Å²) in [5, 5.41) is 22.9. The third-order valence-corrected chi connectivity index (χ3v) is 10.0. The number of halogens is 12. The van der Waals surface area contributed by atoms with Crippen molar-refractivity contribution in [3.8, 4) is 0 Å². The third kappa shape index (κ3) is 47.9. The molecule has 0 aromatic heterocycles. The molecule has 3 saturated heterocycles. The predicted molar refractivity (Wildman–Crippen MR) is 168 cm³/mol. The highest BCUT2D eigenvalue weighted by Gasteiger charge is 2.21. The summed E-state index contributed by atoms with van der Waals surface area (Å²) in [4.78, 5) is 8.37. The van der Waals surface area contributed by atoms with Crippen molar-refractivity contribution in [2.75, 3.05) is 196 Å². The van der Waals surface area contributed by atoms with Crippen molar-refractivity contribution in [1.82, 2.24) is 4.90 Å². The van der Waals surface area contributed by atoms with Gasteiger partial charge in [0.05, 0.1) is 19.6 Å². The summed E-state index contributed by atoms with van der Waals surface area (Å²) in [7, 11) is 0. The molecule has 0 amide bonds. The van der Waals surface area contributed by atoms with Gasteiger partial charge in [-0.15, -0.1) is 0 Å². The minimum Gasteiger partial charge on any atom is -1.00 e. The minimum atomic E-state index is 0. The summed E-state index contributed by atoms with van der Waals surface area (Å²) in [6.45, 7) is 38.7. The van der Waals surface area contributed by atoms with E-state index in [1.807, 2.05) is 14.7 Å². The second kappa shape index (κ2) is 61.3. The van der Waals surface area contributed by atoms with Gasteiger partial charge in [0.2, 0.25) is 0 Å². The Labute approximate surface area is 409 Å². The van der Waals surface area contributed by atoms with Gasteiger partial charge in [0, 0.05) is 19.6 Å². The van der Waals surface area contributed by atoms with Crippen LogP contribution in [-0.2, 0) is 0 Å². The van der Waals surface area contributed by atoms with Crippen LogP contribution in [0.15, 0.2) is 0 Å². The van der Waals surface area contributed by atoms with E-state index in [1.54, 1.807) is 0 Å². The first-order valence-corrected chi connectivity index (χ1v) is 19.0. The molecule has 3 aliphatic heterocycles. The first kappa shape index (κ1) is 81.8. The van der Waals surface area contributed by atoms with Gasteiger partial charge in [-0.1, -0.05) is 0 Å². The molecule has 0 bridgehead atoms. The van der Waals surface area contributed by atoms with Crippen molar-refractivity contribution in [2.45, 2.75) is 0 Å². The van der Waals surface area contributed by atoms with E-state index in [-0.39, 0.29) is 149 Å². The number of nitrogens with one attached hydrogen (secondary N) is 3. The Morgan fingerprint density at radius 2 is 0.545 bits per heavy atom. The zero-order valence-corrected chi connectivity index (χ0v) is 42.0. The maximum Gasteiger partial charge on any atom is 0.127 e. The van der Waals surface area contributed by atoms with Crippen LogP contribution >= 0.6 is 0 Å². The largest absolute Gasteiger partial charge is 1.00 e. The highest BCUT2D eigenvalue weighted by Crippen LogP contribution is 1.82. The molecule has 3 aliphatic rings. The molecule has 21 N–H and O–H groups in total. The first-order valence-electron chi connectivity index (χ1n) is 19.0. The topological polar surface area (TPSA) is 166 Å². The number of nitrogens with two attached hydrogens (primary N) is 9. The zero-order chi connectivity index (χ0) is 29.9. The fourth-order valence-electron chi connectivity index (χ4n) is 6.97. The summed E-state index contributed by atoms with van der Waals surface area (Å²) in [5.74, 6) is 0. The van der Waals surface area contributed by atoms with Gasteiger partial charge in [0.1, 0.15) is 157 Å². The lowest BCUT2D eigenvalue weighted by molar-refractivity contribution is -0.989. The van der Waals surface area contributed by atoms with Crippen LogP contribution in [0, 0.1) is 0 Å². The standard InChI is InChI=1S/C30H69N13.12ClH/c1-7-34-13-19-40(20-14-35-8-2-31-1)25-28-43(29-26-41-21-15-36-9-3-32-4-10-37-16-22-41)30-27-42-23-17-38-11-5-33-6-12-39-18-24-42;;;;;;;;;;;;/h31-39H,1-30H2;12*1H. The highest BCUT2D eigenvalue weighted by molar-refractivity contribution is 4.55. The molecule has 0 aromatic rings. The molecule has 350 valence electrons. The van der Waals surface area contributed by atoms with Crippen LogP contribution < -0.4 is 211 Å². The third-order valence-electron chi connectivity index (χ3n) is 10.0. The molecule has 13 nitrogen and oxygen atoms in total. The van der Waals surface area contributed by atoms with E-state index in [1.165, 1.54) is 196 Å². The summed E-state index contributed by atoms with van der Waals surface area (Å²) in [6.07, 6.45) is 0. The molecule has 3 heterocycles. The fourth-order valence-corrected chi connectivity index (χ4v) is 6.97. The molecule has 0 atom stereocenters. The minimum absolute atomic E-state index is 0. The number of hydrogen-bond acceptors (Lipinski definition) is 1. The summed E-state index contributed by atoms with van der Waals surface area (Å²) >= 11 is 0. The number of quaternary nitrogens is 12. The van der Waals surface area contributed by atoms with Crippen molar-refractivity contribution >= 4 is 0 Å². The molecule has 55 heavy (non-hydrogen) atoms. The molecule has 0 aromatic carbocycles. The molecular formula is C30H81Cl12N13. The van der Waals surface area contributed by atoms with Gasteiger partial charge in [-0.2, -0.15) is 0 Å². The Kier molecular flexibility index (Phi) is 91.1. The molecular weight excluding hydrogens is 968 g/mol. The Bertz CT molecular complexity index is 541. The van der Waals surface area contributed by atoms with Gasteiger partial charge >= 0.3 is 0 Å². The first-order chi connectivity index (χ1) is 21.4. The second-order valence-corrected chi connectivity index (χ2v) is 13.6. The van der Waals surface area contributed by atoms with Crippen LogP contribution in [0.1, 0.15) is 0 Å². The van der Waals surface area contributed by atoms with E-state index in [0.717, 1.165) is 0 Å². The van der Waals surface area contributed by atoms with Gasteiger partial charge in [-0.05, 0) is 0 Å². The molecule has 0 radical (unpaired) electrons. The van der Waals surface area contributed by atoms with Crippen molar-refractivity contribution in [2.24, 2.45) is 0 Å². The summed E-state index contributed by atoms with van der Waals surface area (Å²) in [6, 6.07) is 0. The Morgan fingerprint density at radius 1 is 0.309 bits per heavy atom.